The molecule has 0 spiro atoms. The lowest BCUT2D eigenvalue weighted by Crippen LogP contribution is -2.30. The van der Waals surface area contributed by atoms with Crippen LogP contribution in [-0.2, 0) is 6.42 Å². The van der Waals surface area contributed by atoms with Crippen LogP contribution < -0.4 is 9.47 Å². The van der Waals surface area contributed by atoms with Crippen LogP contribution in [0.1, 0.15) is 30.0 Å². The highest BCUT2D eigenvalue weighted by molar-refractivity contribution is 5.49. The molecule has 3 heteroatoms. The van der Waals surface area contributed by atoms with Gasteiger partial charge in [-0.3, -0.25) is 4.90 Å². The first-order valence-corrected chi connectivity index (χ1v) is 6.32. The van der Waals surface area contributed by atoms with Crippen LogP contribution in [0.25, 0.3) is 0 Å². The smallest absolute Gasteiger partial charge is 0.161 e. The second kappa shape index (κ2) is 4.22. The summed E-state index contributed by atoms with van der Waals surface area (Å²) in [5.74, 6) is 1.72. The van der Waals surface area contributed by atoms with E-state index in [9.17, 15) is 0 Å². The molecule has 92 valence electrons. The third kappa shape index (κ3) is 1.69. The molecular weight excluding hydrogens is 214 g/mol. The van der Waals surface area contributed by atoms with Crippen LogP contribution in [0.5, 0.6) is 11.5 Å². The minimum Gasteiger partial charge on any atom is -0.493 e. The van der Waals surface area contributed by atoms with E-state index in [2.05, 4.69) is 17.0 Å². The van der Waals surface area contributed by atoms with E-state index in [-0.39, 0.29) is 0 Å². The molecule has 1 saturated heterocycles. The van der Waals surface area contributed by atoms with Crippen molar-refractivity contribution < 1.29 is 9.47 Å². The third-order valence-corrected chi connectivity index (χ3v) is 4.04. The molecule has 2 aliphatic rings. The quantitative estimate of drug-likeness (QED) is 0.783. The summed E-state index contributed by atoms with van der Waals surface area (Å²) in [6.45, 7) is 2.44. The molecule has 0 saturated carbocycles. The van der Waals surface area contributed by atoms with Crippen molar-refractivity contribution in [3.05, 3.63) is 23.3 Å². The molecule has 1 aromatic carbocycles. The maximum absolute atomic E-state index is 5.41. The molecule has 0 bridgehead atoms. The molecule has 0 amide bonds. The molecule has 3 rings (SSSR count). The molecule has 0 aromatic heterocycles. The molecular formula is C14H19NO2. The van der Waals surface area contributed by atoms with Crippen molar-refractivity contribution in [2.45, 2.75) is 25.3 Å². The Morgan fingerprint density at radius 1 is 1.12 bits per heavy atom. The molecule has 1 atom stereocenters. The van der Waals surface area contributed by atoms with Crippen molar-refractivity contribution in [1.82, 2.24) is 4.90 Å². The van der Waals surface area contributed by atoms with E-state index in [1.165, 1.54) is 37.1 Å². The Hall–Kier alpha value is -1.22. The lowest BCUT2D eigenvalue weighted by Gasteiger charge is -2.32. The van der Waals surface area contributed by atoms with Crippen LogP contribution in [0.15, 0.2) is 12.1 Å². The highest BCUT2D eigenvalue weighted by Gasteiger charge is 2.32. The van der Waals surface area contributed by atoms with Gasteiger partial charge in [0, 0.05) is 12.6 Å². The summed E-state index contributed by atoms with van der Waals surface area (Å²) in [5.41, 5.74) is 2.89. The van der Waals surface area contributed by atoms with Gasteiger partial charge in [-0.1, -0.05) is 0 Å². The summed E-state index contributed by atoms with van der Waals surface area (Å²) in [6, 6.07) is 4.94. The number of benzene rings is 1. The van der Waals surface area contributed by atoms with Gasteiger partial charge in [-0.2, -0.15) is 0 Å². The molecule has 2 aliphatic heterocycles. The number of ether oxygens (including phenoxy) is 2. The van der Waals surface area contributed by atoms with E-state index in [1.807, 2.05) is 0 Å². The molecule has 0 N–H and O–H groups in total. The fraction of sp³-hybridized carbons (Fsp3) is 0.571. The number of methoxy groups -OCH3 is 2. The Morgan fingerprint density at radius 3 is 2.65 bits per heavy atom. The van der Waals surface area contributed by atoms with Gasteiger partial charge < -0.3 is 9.47 Å². The van der Waals surface area contributed by atoms with E-state index >= 15 is 0 Å². The van der Waals surface area contributed by atoms with E-state index in [0.717, 1.165) is 17.9 Å². The number of hydrogen-bond donors (Lipinski definition) is 0. The van der Waals surface area contributed by atoms with Gasteiger partial charge in [-0.25, -0.2) is 0 Å². The largest absolute Gasteiger partial charge is 0.493 e. The summed E-state index contributed by atoms with van der Waals surface area (Å²) in [7, 11) is 3.41. The van der Waals surface area contributed by atoms with Gasteiger partial charge in [0.05, 0.1) is 14.2 Å². The van der Waals surface area contributed by atoms with Gasteiger partial charge in [0.1, 0.15) is 0 Å². The fourth-order valence-electron chi connectivity index (χ4n) is 3.17. The number of rotatable bonds is 2. The highest BCUT2D eigenvalue weighted by Crippen LogP contribution is 2.42. The van der Waals surface area contributed by atoms with Crippen molar-refractivity contribution >= 4 is 0 Å². The van der Waals surface area contributed by atoms with E-state index in [4.69, 9.17) is 9.47 Å². The van der Waals surface area contributed by atoms with Crippen molar-refractivity contribution in [3.8, 4) is 11.5 Å². The van der Waals surface area contributed by atoms with Gasteiger partial charge in [0.2, 0.25) is 0 Å². The monoisotopic (exact) mass is 233 g/mol. The minimum atomic E-state index is 0.610. The Kier molecular flexibility index (Phi) is 2.71. The van der Waals surface area contributed by atoms with Gasteiger partial charge in [-0.05, 0) is 49.1 Å². The molecule has 2 heterocycles. The van der Waals surface area contributed by atoms with Crippen molar-refractivity contribution in [1.29, 1.82) is 0 Å². The SMILES string of the molecule is COc1cc2c(cc1OC)[C@@H]1CCCN1CC2. The number of fused-ring (bicyclic) bond motifs is 3. The summed E-state index contributed by atoms with van der Waals surface area (Å²) < 4.78 is 10.8. The van der Waals surface area contributed by atoms with Gasteiger partial charge in [0.15, 0.2) is 11.5 Å². The first kappa shape index (κ1) is 10.9. The van der Waals surface area contributed by atoms with Gasteiger partial charge >= 0.3 is 0 Å². The van der Waals surface area contributed by atoms with Gasteiger partial charge in [0.25, 0.3) is 0 Å². The van der Waals surface area contributed by atoms with Gasteiger partial charge in [-0.15, -0.1) is 0 Å². The molecule has 3 nitrogen and oxygen atoms in total. The summed E-state index contributed by atoms with van der Waals surface area (Å²) in [4.78, 5) is 2.59. The zero-order valence-electron chi connectivity index (χ0n) is 10.5. The van der Waals surface area contributed by atoms with Crippen LogP contribution in [0, 0.1) is 0 Å². The molecule has 0 radical (unpaired) electrons. The standard InChI is InChI=1S/C14H19NO2/c1-16-13-8-10-5-7-15-6-3-4-12(15)11(10)9-14(13)17-2/h8-9,12H,3-7H2,1-2H3/t12-/m0/s1. The zero-order chi connectivity index (χ0) is 11.8. The average Bonchev–Trinajstić information content (AvgIpc) is 2.85. The Balaban J connectivity index is 2.06. The number of hydrogen-bond acceptors (Lipinski definition) is 3. The zero-order valence-corrected chi connectivity index (χ0v) is 10.5. The second-order valence-electron chi connectivity index (χ2n) is 4.85. The predicted molar refractivity (Wildman–Crippen MR) is 66.8 cm³/mol. The molecule has 17 heavy (non-hydrogen) atoms. The fourth-order valence-corrected chi connectivity index (χ4v) is 3.17. The van der Waals surface area contributed by atoms with E-state index in [1.54, 1.807) is 14.2 Å². The first-order valence-electron chi connectivity index (χ1n) is 6.32. The summed E-state index contributed by atoms with van der Waals surface area (Å²) in [6.07, 6.45) is 3.73. The second-order valence-corrected chi connectivity index (χ2v) is 4.85. The predicted octanol–water partition coefficient (Wildman–Crippen LogP) is 2.40. The van der Waals surface area contributed by atoms with Crippen LogP contribution in [0.3, 0.4) is 0 Å². The first-order chi connectivity index (χ1) is 8.33. The van der Waals surface area contributed by atoms with Crippen LogP contribution in [-0.4, -0.2) is 32.2 Å². The molecule has 0 unspecified atom stereocenters. The Labute approximate surface area is 102 Å². The Bertz CT molecular complexity index is 430. The summed E-state index contributed by atoms with van der Waals surface area (Å²) >= 11 is 0. The van der Waals surface area contributed by atoms with E-state index < -0.39 is 0 Å². The normalized spacial score (nSPS) is 23.1. The molecule has 1 fully saturated rings. The minimum absolute atomic E-state index is 0.610. The topological polar surface area (TPSA) is 21.7 Å². The maximum atomic E-state index is 5.41. The van der Waals surface area contributed by atoms with E-state index in [0.29, 0.717) is 6.04 Å². The lowest BCUT2D eigenvalue weighted by molar-refractivity contribution is 0.242. The molecule has 0 aliphatic carbocycles. The number of nitrogens with zero attached hydrogens (tertiary/aromatic N) is 1. The van der Waals surface area contributed by atoms with Crippen molar-refractivity contribution in [3.63, 3.8) is 0 Å². The van der Waals surface area contributed by atoms with Crippen molar-refractivity contribution in [2.75, 3.05) is 27.3 Å². The van der Waals surface area contributed by atoms with Crippen LogP contribution in [0.2, 0.25) is 0 Å². The highest BCUT2D eigenvalue weighted by atomic mass is 16.5. The average molecular weight is 233 g/mol. The summed E-state index contributed by atoms with van der Waals surface area (Å²) in [5, 5.41) is 0. The third-order valence-electron chi connectivity index (χ3n) is 4.04. The molecule has 1 aromatic rings. The lowest BCUT2D eigenvalue weighted by atomic mass is 9.92. The maximum Gasteiger partial charge on any atom is 0.161 e. The Morgan fingerprint density at radius 2 is 1.88 bits per heavy atom. The van der Waals surface area contributed by atoms with Crippen molar-refractivity contribution in [2.24, 2.45) is 0 Å². The van der Waals surface area contributed by atoms with Crippen LogP contribution in [0.4, 0.5) is 0 Å². The van der Waals surface area contributed by atoms with Crippen LogP contribution >= 0.6 is 0 Å².